The Hall–Kier alpha value is -2.18. The first-order valence-corrected chi connectivity index (χ1v) is 10.2. The summed E-state index contributed by atoms with van der Waals surface area (Å²) in [5, 5.41) is 3.43. The Balaban J connectivity index is 1.28. The minimum Gasteiger partial charge on any atom is -0.492 e. The first kappa shape index (κ1) is 18.2. The maximum atomic E-state index is 5.89. The van der Waals surface area contributed by atoms with E-state index in [-0.39, 0.29) is 0 Å². The molecule has 0 amide bonds. The van der Waals surface area contributed by atoms with Crippen LogP contribution in [-0.2, 0) is 6.42 Å². The van der Waals surface area contributed by atoms with Crippen molar-refractivity contribution in [2.45, 2.75) is 18.1 Å². The highest BCUT2D eigenvalue weighted by Gasteiger charge is 2.29. The Morgan fingerprint density at radius 1 is 1.22 bits per heavy atom. The molecule has 6 heteroatoms. The number of para-hydroxylation sites is 2. The number of thioether (sulfide) groups is 1. The Kier molecular flexibility index (Phi) is 5.27. The highest BCUT2D eigenvalue weighted by atomic mass is 32.2. The highest BCUT2D eigenvalue weighted by Crippen LogP contribution is 2.32. The van der Waals surface area contributed by atoms with Crippen LogP contribution in [0.1, 0.15) is 12.5 Å². The molecule has 1 aromatic heterocycles. The quantitative estimate of drug-likeness (QED) is 0.667. The number of hydrogen-bond donors (Lipinski definition) is 1. The van der Waals surface area contributed by atoms with Gasteiger partial charge < -0.3 is 19.4 Å². The van der Waals surface area contributed by atoms with Crippen molar-refractivity contribution in [1.29, 1.82) is 0 Å². The number of nitrogens with zero attached hydrogens (tertiary/aromatic N) is 2. The van der Waals surface area contributed by atoms with Gasteiger partial charge in [-0.25, -0.2) is 0 Å². The first-order valence-electron chi connectivity index (χ1n) is 9.24. The topological polar surface area (TPSA) is 50.5 Å². The lowest BCUT2D eigenvalue weighted by atomic mass is 10.0. The summed E-state index contributed by atoms with van der Waals surface area (Å²) in [4.78, 5) is 6.47. The lowest BCUT2D eigenvalue weighted by Crippen LogP contribution is -2.27. The molecule has 2 aromatic carbocycles. The van der Waals surface area contributed by atoms with Crippen LogP contribution in [0.5, 0.6) is 5.75 Å². The van der Waals surface area contributed by atoms with Gasteiger partial charge in [0.1, 0.15) is 17.9 Å². The van der Waals surface area contributed by atoms with Crippen LogP contribution in [0.3, 0.4) is 0 Å². The van der Waals surface area contributed by atoms with Crippen LogP contribution in [0.2, 0.25) is 0 Å². The molecule has 0 radical (unpaired) electrons. The maximum absolute atomic E-state index is 5.89. The fraction of sp³-hybridized carbons (Fsp3) is 0.381. The molecule has 1 aliphatic rings. The summed E-state index contributed by atoms with van der Waals surface area (Å²) in [5.41, 5.74) is 3.03. The summed E-state index contributed by atoms with van der Waals surface area (Å²) >= 11 is 2.00. The molecule has 1 unspecified atom stereocenters. The highest BCUT2D eigenvalue weighted by molar-refractivity contribution is 8.00. The van der Waals surface area contributed by atoms with E-state index in [1.165, 1.54) is 5.56 Å². The molecule has 1 fully saturated rings. The molecule has 5 nitrogen and oxygen atoms in total. The number of rotatable bonds is 7. The predicted octanol–water partition coefficient (Wildman–Crippen LogP) is 3.94. The number of fused-ring (bicyclic) bond motifs is 1. The van der Waals surface area contributed by atoms with Crippen molar-refractivity contribution >= 4 is 28.9 Å². The Morgan fingerprint density at radius 2 is 2.04 bits per heavy atom. The van der Waals surface area contributed by atoms with Gasteiger partial charge in [0.15, 0.2) is 5.58 Å². The average molecular weight is 384 g/mol. The Morgan fingerprint density at radius 3 is 2.78 bits per heavy atom. The molecule has 1 aliphatic heterocycles. The number of benzene rings is 2. The number of aromatic nitrogens is 1. The normalized spacial score (nSPS) is 19.5. The van der Waals surface area contributed by atoms with Gasteiger partial charge in [0.25, 0.3) is 6.01 Å². The molecule has 1 atom stereocenters. The number of ether oxygens (including phenoxy) is 1. The molecule has 1 N–H and O–H groups in total. The van der Waals surface area contributed by atoms with Gasteiger partial charge in [-0.15, -0.1) is 11.8 Å². The van der Waals surface area contributed by atoms with E-state index < -0.39 is 0 Å². The molecule has 142 valence electrons. The van der Waals surface area contributed by atoms with E-state index in [0.717, 1.165) is 35.7 Å². The number of nitrogens with one attached hydrogen (secondary N) is 1. The third kappa shape index (κ3) is 4.39. The third-order valence-corrected chi connectivity index (χ3v) is 6.16. The van der Waals surface area contributed by atoms with Crippen molar-refractivity contribution in [2.24, 2.45) is 0 Å². The van der Waals surface area contributed by atoms with E-state index in [9.17, 15) is 0 Å². The zero-order chi connectivity index (χ0) is 18.7. The van der Waals surface area contributed by atoms with Gasteiger partial charge in [-0.3, -0.25) is 0 Å². The second-order valence-electron chi connectivity index (χ2n) is 7.22. The van der Waals surface area contributed by atoms with E-state index in [4.69, 9.17) is 9.15 Å². The lowest BCUT2D eigenvalue weighted by Gasteiger charge is -2.21. The number of likely N-dealkylation sites (N-methyl/N-ethyl adjacent to an activating group) is 1. The smallest absolute Gasteiger partial charge is 0.298 e. The molecule has 0 bridgehead atoms. The minimum absolute atomic E-state index is 0.296. The monoisotopic (exact) mass is 383 g/mol. The predicted molar refractivity (Wildman–Crippen MR) is 112 cm³/mol. The standard InChI is InChI=1S/C21H25N3O2S/c1-21(14-22-15-27-21)13-16-7-9-17(10-8-16)25-12-11-24(2)20-23-18-5-3-4-6-19(18)26-20/h3-10,22H,11-15H2,1-2H3. The summed E-state index contributed by atoms with van der Waals surface area (Å²) in [5.74, 6) is 1.94. The van der Waals surface area contributed by atoms with Gasteiger partial charge in [0, 0.05) is 24.2 Å². The van der Waals surface area contributed by atoms with Crippen LogP contribution in [0.15, 0.2) is 52.9 Å². The largest absolute Gasteiger partial charge is 0.492 e. The van der Waals surface area contributed by atoms with Crippen LogP contribution in [0.4, 0.5) is 6.01 Å². The van der Waals surface area contributed by atoms with E-state index >= 15 is 0 Å². The lowest BCUT2D eigenvalue weighted by molar-refractivity contribution is 0.323. The van der Waals surface area contributed by atoms with E-state index in [2.05, 4.69) is 41.5 Å². The van der Waals surface area contributed by atoms with Crippen molar-refractivity contribution in [3.05, 3.63) is 54.1 Å². The van der Waals surface area contributed by atoms with Crippen LogP contribution in [0.25, 0.3) is 11.1 Å². The molecule has 2 heterocycles. The Bertz CT molecular complexity index is 855. The van der Waals surface area contributed by atoms with Crippen LogP contribution in [-0.4, -0.2) is 42.4 Å². The average Bonchev–Trinajstić information content (AvgIpc) is 3.29. The molecular formula is C21H25N3O2S. The van der Waals surface area contributed by atoms with Crippen molar-refractivity contribution in [3.8, 4) is 5.75 Å². The number of hydrogen-bond acceptors (Lipinski definition) is 6. The fourth-order valence-electron chi connectivity index (χ4n) is 3.26. The van der Waals surface area contributed by atoms with E-state index in [0.29, 0.717) is 23.9 Å². The summed E-state index contributed by atoms with van der Waals surface area (Å²) in [6.45, 7) is 4.67. The summed E-state index contributed by atoms with van der Waals surface area (Å²) in [6, 6.07) is 16.9. The zero-order valence-corrected chi connectivity index (χ0v) is 16.6. The Labute approximate surface area is 164 Å². The first-order chi connectivity index (χ1) is 13.1. The number of anilines is 1. The van der Waals surface area contributed by atoms with Gasteiger partial charge in [-0.1, -0.05) is 24.3 Å². The minimum atomic E-state index is 0.296. The van der Waals surface area contributed by atoms with Crippen molar-refractivity contribution < 1.29 is 9.15 Å². The second-order valence-corrected chi connectivity index (χ2v) is 8.78. The fourth-order valence-corrected chi connectivity index (χ4v) is 4.29. The molecule has 0 aliphatic carbocycles. The van der Waals surface area contributed by atoms with Crippen molar-refractivity contribution in [1.82, 2.24) is 10.3 Å². The molecule has 27 heavy (non-hydrogen) atoms. The summed E-state index contributed by atoms with van der Waals surface area (Å²) in [7, 11) is 1.96. The maximum Gasteiger partial charge on any atom is 0.298 e. The van der Waals surface area contributed by atoms with Crippen molar-refractivity contribution in [2.75, 3.05) is 37.5 Å². The van der Waals surface area contributed by atoms with Gasteiger partial charge >= 0.3 is 0 Å². The third-order valence-electron chi connectivity index (χ3n) is 4.83. The van der Waals surface area contributed by atoms with E-state index in [1.54, 1.807) is 0 Å². The van der Waals surface area contributed by atoms with Gasteiger partial charge in [-0.05, 0) is 43.2 Å². The van der Waals surface area contributed by atoms with E-state index in [1.807, 2.05) is 48.0 Å². The molecule has 1 saturated heterocycles. The summed E-state index contributed by atoms with van der Waals surface area (Å²) < 4.78 is 12.0. The van der Waals surface area contributed by atoms with Gasteiger partial charge in [0.2, 0.25) is 0 Å². The molecule has 4 rings (SSSR count). The van der Waals surface area contributed by atoms with Gasteiger partial charge in [-0.2, -0.15) is 4.98 Å². The SMILES string of the molecule is CN(CCOc1ccc(CC2(C)CNCS2)cc1)c1nc2ccccc2o1. The van der Waals surface area contributed by atoms with Crippen LogP contribution in [0, 0.1) is 0 Å². The summed E-state index contributed by atoms with van der Waals surface area (Å²) in [6.07, 6.45) is 1.07. The number of oxazole rings is 1. The zero-order valence-electron chi connectivity index (χ0n) is 15.8. The van der Waals surface area contributed by atoms with Crippen LogP contribution < -0.4 is 15.0 Å². The molecule has 0 saturated carbocycles. The second kappa shape index (κ2) is 7.82. The van der Waals surface area contributed by atoms with Gasteiger partial charge in [0.05, 0.1) is 6.54 Å². The van der Waals surface area contributed by atoms with Crippen LogP contribution >= 0.6 is 11.8 Å². The molecule has 0 spiro atoms. The molecule has 3 aromatic rings. The molecular weight excluding hydrogens is 358 g/mol. The van der Waals surface area contributed by atoms with Crippen molar-refractivity contribution in [3.63, 3.8) is 0 Å².